The molecule has 0 aromatic heterocycles. The van der Waals surface area contributed by atoms with Crippen LogP contribution in [-0.4, -0.2) is 41.2 Å². The zero-order valence-electron chi connectivity index (χ0n) is 21.6. The highest BCUT2D eigenvalue weighted by molar-refractivity contribution is 6.09. The summed E-state index contributed by atoms with van der Waals surface area (Å²) in [5.74, 6) is -1.48. The summed E-state index contributed by atoms with van der Waals surface area (Å²) in [5.41, 5.74) is 1.29. The average Bonchev–Trinajstić information content (AvgIpc) is 3.66. The monoisotopic (exact) mass is 536 g/mol. The first-order valence-corrected chi connectivity index (χ1v) is 13.4. The van der Waals surface area contributed by atoms with Crippen molar-refractivity contribution in [1.82, 2.24) is 4.90 Å². The molecule has 3 aliphatic rings. The SMILES string of the molecule is O=C(COC(=O)[C@H](Cc1ccccc1)N1C(=O)[C@@H]2[C@@H](C1=O)[C@H]1C=C[C@H]2C1)Nc1ccc(Oc2ccccc2)cc1. The van der Waals surface area contributed by atoms with Crippen LogP contribution in [0.5, 0.6) is 11.5 Å². The number of carbonyl (C=O) groups is 4. The molecule has 1 heterocycles. The number of hydrogen-bond acceptors (Lipinski definition) is 6. The molecule has 2 bridgehead atoms. The number of nitrogens with zero attached hydrogens (tertiary/aromatic N) is 1. The molecule has 40 heavy (non-hydrogen) atoms. The Kier molecular flexibility index (Phi) is 6.90. The number of rotatable bonds is 9. The van der Waals surface area contributed by atoms with E-state index in [1.807, 2.05) is 72.8 Å². The lowest BCUT2D eigenvalue weighted by Gasteiger charge is -2.26. The summed E-state index contributed by atoms with van der Waals surface area (Å²) in [7, 11) is 0. The maximum Gasteiger partial charge on any atom is 0.330 e. The van der Waals surface area contributed by atoms with E-state index in [-0.39, 0.29) is 30.1 Å². The Hall–Kier alpha value is -4.72. The number of imide groups is 1. The largest absolute Gasteiger partial charge is 0.457 e. The number of benzene rings is 3. The molecule has 3 aromatic carbocycles. The molecule has 5 atom stereocenters. The average molecular weight is 537 g/mol. The molecule has 0 unspecified atom stereocenters. The summed E-state index contributed by atoms with van der Waals surface area (Å²) in [6.45, 7) is -0.553. The Morgan fingerprint density at radius 1 is 0.800 bits per heavy atom. The number of anilines is 1. The highest BCUT2D eigenvalue weighted by atomic mass is 16.5. The number of hydrogen-bond donors (Lipinski definition) is 1. The van der Waals surface area contributed by atoms with E-state index in [4.69, 9.17) is 9.47 Å². The third-order valence-corrected chi connectivity index (χ3v) is 7.82. The van der Waals surface area contributed by atoms with Crippen LogP contribution < -0.4 is 10.1 Å². The second kappa shape index (κ2) is 10.8. The van der Waals surface area contributed by atoms with Gasteiger partial charge < -0.3 is 14.8 Å². The summed E-state index contributed by atoms with van der Waals surface area (Å²) >= 11 is 0. The van der Waals surface area contributed by atoms with Crippen molar-refractivity contribution in [3.63, 3.8) is 0 Å². The van der Waals surface area contributed by atoms with Crippen molar-refractivity contribution in [2.45, 2.75) is 18.9 Å². The quantitative estimate of drug-likeness (QED) is 0.247. The number of carbonyl (C=O) groups excluding carboxylic acids is 4. The molecule has 3 amide bonds. The molecule has 1 N–H and O–H groups in total. The van der Waals surface area contributed by atoms with Crippen LogP contribution in [0.4, 0.5) is 5.69 Å². The van der Waals surface area contributed by atoms with Gasteiger partial charge in [0.05, 0.1) is 11.8 Å². The van der Waals surface area contributed by atoms with E-state index >= 15 is 0 Å². The maximum absolute atomic E-state index is 13.4. The predicted molar refractivity (Wildman–Crippen MR) is 146 cm³/mol. The number of allylic oxidation sites excluding steroid dienone is 2. The van der Waals surface area contributed by atoms with Crippen LogP contribution in [0.2, 0.25) is 0 Å². The van der Waals surface area contributed by atoms with Gasteiger partial charge in [-0.25, -0.2) is 4.79 Å². The number of nitrogens with one attached hydrogen (secondary N) is 1. The Bertz CT molecular complexity index is 1420. The Labute approximate surface area is 231 Å². The number of likely N-dealkylation sites (tertiary alicyclic amines) is 1. The van der Waals surface area contributed by atoms with Crippen LogP contribution in [-0.2, 0) is 30.3 Å². The van der Waals surface area contributed by atoms with Gasteiger partial charge in [-0.2, -0.15) is 0 Å². The Balaban J connectivity index is 1.10. The molecule has 6 rings (SSSR count). The first-order valence-electron chi connectivity index (χ1n) is 13.4. The fourth-order valence-corrected chi connectivity index (χ4v) is 6.01. The zero-order chi connectivity index (χ0) is 27.6. The van der Waals surface area contributed by atoms with Crippen molar-refractivity contribution in [3.8, 4) is 11.5 Å². The number of fused-ring (bicyclic) bond motifs is 5. The molecule has 1 saturated carbocycles. The molecule has 202 valence electrons. The van der Waals surface area contributed by atoms with E-state index in [1.54, 1.807) is 24.3 Å². The summed E-state index contributed by atoms with van der Waals surface area (Å²) in [5, 5.41) is 2.69. The van der Waals surface area contributed by atoms with Crippen LogP contribution in [0, 0.1) is 23.7 Å². The van der Waals surface area contributed by atoms with Gasteiger partial charge in [0, 0.05) is 12.1 Å². The minimum Gasteiger partial charge on any atom is -0.457 e. The number of esters is 1. The lowest BCUT2D eigenvalue weighted by molar-refractivity contribution is -0.160. The lowest BCUT2D eigenvalue weighted by atomic mass is 9.85. The van der Waals surface area contributed by atoms with E-state index in [1.165, 1.54) is 0 Å². The standard InChI is InChI=1S/C32H28N2O6/c35-27(33-23-13-15-25(16-14-23)40-24-9-5-2-6-10-24)19-39-32(38)26(17-20-7-3-1-4-8-20)34-30(36)28-21-11-12-22(18-21)29(28)31(34)37/h1-16,21-22,26,28-29H,17-19H2,(H,33,35)/t21-,22-,26-,28-,29-/m0/s1. The van der Waals surface area contributed by atoms with Gasteiger partial charge in [-0.05, 0) is 60.2 Å². The molecular formula is C32H28N2O6. The van der Waals surface area contributed by atoms with Crippen molar-refractivity contribution in [3.05, 3.63) is 103 Å². The van der Waals surface area contributed by atoms with Crippen LogP contribution in [0.3, 0.4) is 0 Å². The van der Waals surface area contributed by atoms with Crippen molar-refractivity contribution in [1.29, 1.82) is 0 Å². The molecule has 3 aromatic rings. The molecule has 2 fully saturated rings. The number of para-hydroxylation sites is 1. The molecular weight excluding hydrogens is 508 g/mol. The van der Waals surface area contributed by atoms with Crippen LogP contribution >= 0.6 is 0 Å². The summed E-state index contributed by atoms with van der Waals surface area (Å²) in [6, 6.07) is 24.1. The number of amides is 3. The van der Waals surface area contributed by atoms with Crippen LogP contribution in [0.15, 0.2) is 97.1 Å². The van der Waals surface area contributed by atoms with Gasteiger partial charge in [0.15, 0.2) is 6.61 Å². The highest BCUT2D eigenvalue weighted by Crippen LogP contribution is 2.53. The fraction of sp³-hybridized carbons (Fsp3) is 0.250. The van der Waals surface area contributed by atoms with Crippen LogP contribution in [0.1, 0.15) is 12.0 Å². The van der Waals surface area contributed by atoms with E-state index in [0.29, 0.717) is 17.2 Å². The molecule has 2 aliphatic carbocycles. The van der Waals surface area contributed by atoms with E-state index in [0.717, 1.165) is 16.9 Å². The second-order valence-electron chi connectivity index (χ2n) is 10.3. The number of ether oxygens (including phenoxy) is 2. The van der Waals surface area contributed by atoms with Crippen molar-refractivity contribution >= 4 is 29.4 Å². The second-order valence-corrected chi connectivity index (χ2v) is 10.3. The predicted octanol–water partition coefficient (Wildman–Crippen LogP) is 4.38. The van der Waals surface area contributed by atoms with Gasteiger partial charge in [0.2, 0.25) is 11.8 Å². The lowest BCUT2D eigenvalue weighted by Crippen LogP contribution is -2.48. The van der Waals surface area contributed by atoms with E-state index in [2.05, 4.69) is 5.32 Å². The highest BCUT2D eigenvalue weighted by Gasteiger charge is 2.61. The normalized spacial score (nSPS) is 23.1. The summed E-state index contributed by atoms with van der Waals surface area (Å²) in [6.07, 6.45) is 4.93. The molecule has 1 aliphatic heterocycles. The van der Waals surface area contributed by atoms with Gasteiger partial charge in [0.25, 0.3) is 5.91 Å². The fourth-order valence-electron chi connectivity index (χ4n) is 6.01. The van der Waals surface area contributed by atoms with Gasteiger partial charge >= 0.3 is 5.97 Å². The van der Waals surface area contributed by atoms with E-state index < -0.39 is 36.4 Å². The zero-order valence-corrected chi connectivity index (χ0v) is 21.6. The minimum atomic E-state index is -1.14. The first-order chi connectivity index (χ1) is 19.5. The molecule has 8 nitrogen and oxygen atoms in total. The van der Waals surface area contributed by atoms with Crippen molar-refractivity contribution < 1.29 is 28.7 Å². The van der Waals surface area contributed by atoms with Crippen molar-refractivity contribution in [2.24, 2.45) is 23.7 Å². The van der Waals surface area contributed by atoms with Gasteiger partial charge in [-0.1, -0.05) is 60.7 Å². The molecule has 8 heteroatoms. The van der Waals surface area contributed by atoms with Crippen LogP contribution in [0.25, 0.3) is 0 Å². The molecule has 0 radical (unpaired) electrons. The third-order valence-electron chi connectivity index (χ3n) is 7.82. The van der Waals surface area contributed by atoms with Gasteiger partial charge in [-0.15, -0.1) is 0 Å². The maximum atomic E-state index is 13.4. The first kappa shape index (κ1) is 25.6. The minimum absolute atomic E-state index is 0.0279. The van der Waals surface area contributed by atoms with Gasteiger partial charge in [-0.3, -0.25) is 19.3 Å². The van der Waals surface area contributed by atoms with E-state index in [9.17, 15) is 19.2 Å². The third kappa shape index (κ3) is 5.00. The molecule has 0 spiro atoms. The summed E-state index contributed by atoms with van der Waals surface area (Å²) < 4.78 is 11.1. The summed E-state index contributed by atoms with van der Waals surface area (Å²) in [4.78, 5) is 53.9. The Morgan fingerprint density at radius 3 is 2.00 bits per heavy atom. The van der Waals surface area contributed by atoms with Crippen molar-refractivity contribution in [2.75, 3.05) is 11.9 Å². The van der Waals surface area contributed by atoms with Gasteiger partial charge in [0.1, 0.15) is 17.5 Å². The smallest absolute Gasteiger partial charge is 0.330 e. The molecule has 1 saturated heterocycles. The topological polar surface area (TPSA) is 102 Å². The Morgan fingerprint density at radius 2 is 1.38 bits per heavy atom.